The average Bonchev–Trinajstić information content (AvgIpc) is 2.49. The monoisotopic (exact) mass is 166 g/mol. The van der Waals surface area contributed by atoms with Gasteiger partial charge in [0, 0.05) is 19.3 Å². The van der Waals surface area contributed by atoms with E-state index in [0.29, 0.717) is 0 Å². The molecule has 64 valence electrons. The third-order valence-electron chi connectivity index (χ3n) is 1.18. The van der Waals surface area contributed by atoms with E-state index in [4.69, 9.17) is 0 Å². The van der Waals surface area contributed by atoms with Gasteiger partial charge in [-0.25, -0.2) is 4.98 Å². The fourth-order valence-electron chi connectivity index (χ4n) is 0.694. The molecule has 1 aromatic heterocycles. The van der Waals surface area contributed by atoms with Crippen molar-refractivity contribution in [2.75, 3.05) is 6.61 Å². The van der Waals surface area contributed by atoms with Gasteiger partial charge in [-0.2, -0.15) is 0 Å². The van der Waals surface area contributed by atoms with E-state index in [1.807, 2.05) is 0 Å². The predicted molar refractivity (Wildman–Crippen MR) is 44.3 cm³/mol. The normalized spacial score (nSPS) is 10.4. The van der Waals surface area contributed by atoms with Gasteiger partial charge in [0.05, 0.1) is 0 Å². The van der Waals surface area contributed by atoms with Crippen LogP contribution in [-0.4, -0.2) is 22.5 Å². The Bertz CT molecular complexity index is 265. The maximum Gasteiger partial charge on any atom is 0.302 e. The van der Waals surface area contributed by atoms with E-state index in [9.17, 15) is 4.79 Å². The standard InChI is InChI=1S/C8H10N2O2/c1-7(11)12-6-2-3-8-9-4-5-10-8/h2-5H,6H2,1H3,(H,9,10). The fourth-order valence-corrected chi connectivity index (χ4v) is 0.694. The van der Waals surface area contributed by atoms with E-state index < -0.39 is 0 Å². The number of carbonyl (C=O) groups is 1. The van der Waals surface area contributed by atoms with Gasteiger partial charge in [0.25, 0.3) is 0 Å². The topological polar surface area (TPSA) is 55.0 Å². The Morgan fingerprint density at radius 1 is 1.83 bits per heavy atom. The second-order valence-corrected chi connectivity index (χ2v) is 2.18. The summed E-state index contributed by atoms with van der Waals surface area (Å²) < 4.78 is 4.67. The van der Waals surface area contributed by atoms with Crippen molar-refractivity contribution in [1.29, 1.82) is 0 Å². The molecular formula is C8H10N2O2. The van der Waals surface area contributed by atoms with Crippen LogP contribution >= 0.6 is 0 Å². The van der Waals surface area contributed by atoms with Crippen LogP contribution in [0.5, 0.6) is 0 Å². The Morgan fingerprint density at radius 3 is 3.25 bits per heavy atom. The van der Waals surface area contributed by atoms with Gasteiger partial charge in [0.1, 0.15) is 12.4 Å². The highest BCUT2D eigenvalue weighted by atomic mass is 16.5. The highest BCUT2D eigenvalue weighted by Gasteiger charge is 1.88. The van der Waals surface area contributed by atoms with Gasteiger partial charge >= 0.3 is 5.97 Å². The SMILES string of the molecule is CC(=O)OCC=Cc1ncc[nH]1. The van der Waals surface area contributed by atoms with Crippen LogP contribution in [0.25, 0.3) is 6.08 Å². The van der Waals surface area contributed by atoms with Gasteiger partial charge in [-0.15, -0.1) is 0 Å². The van der Waals surface area contributed by atoms with Gasteiger partial charge in [-0.3, -0.25) is 4.79 Å². The molecule has 12 heavy (non-hydrogen) atoms. The molecule has 0 unspecified atom stereocenters. The first-order chi connectivity index (χ1) is 5.79. The molecule has 0 aromatic carbocycles. The lowest BCUT2D eigenvalue weighted by atomic mass is 10.5. The van der Waals surface area contributed by atoms with Crippen LogP contribution in [0, 0.1) is 0 Å². The summed E-state index contributed by atoms with van der Waals surface area (Å²) in [5, 5.41) is 0. The molecule has 1 heterocycles. The number of esters is 1. The number of imidazole rings is 1. The number of aromatic amines is 1. The van der Waals surface area contributed by atoms with Gasteiger partial charge in [0.2, 0.25) is 0 Å². The highest BCUT2D eigenvalue weighted by Crippen LogP contribution is 1.91. The summed E-state index contributed by atoms with van der Waals surface area (Å²) in [6.07, 6.45) is 6.86. The van der Waals surface area contributed by atoms with E-state index in [1.165, 1.54) is 6.92 Å². The van der Waals surface area contributed by atoms with Crippen LogP contribution in [0.3, 0.4) is 0 Å². The minimum atomic E-state index is -0.279. The van der Waals surface area contributed by atoms with Crippen LogP contribution in [0.2, 0.25) is 0 Å². The first-order valence-corrected chi connectivity index (χ1v) is 3.58. The van der Waals surface area contributed by atoms with Crippen LogP contribution in [0.1, 0.15) is 12.7 Å². The molecule has 0 spiro atoms. The Balaban J connectivity index is 2.27. The third-order valence-corrected chi connectivity index (χ3v) is 1.18. The molecule has 4 nitrogen and oxygen atoms in total. The minimum absolute atomic E-state index is 0.279. The molecule has 0 aliphatic rings. The number of aromatic nitrogens is 2. The number of H-pyrrole nitrogens is 1. The average molecular weight is 166 g/mol. The van der Waals surface area contributed by atoms with Crippen molar-refractivity contribution in [1.82, 2.24) is 9.97 Å². The predicted octanol–water partition coefficient (Wildman–Crippen LogP) is 0.986. The van der Waals surface area contributed by atoms with Crippen molar-refractivity contribution in [3.8, 4) is 0 Å². The van der Waals surface area contributed by atoms with Crippen molar-refractivity contribution in [3.63, 3.8) is 0 Å². The van der Waals surface area contributed by atoms with Crippen LogP contribution in [-0.2, 0) is 9.53 Å². The van der Waals surface area contributed by atoms with Crippen molar-refractivity contribution in [2.24, 2.45) is 0 Å². The summed E-state index contributed by atoms with van der Waals surface area (Å²) in [6, 6.07) is 0. The molecule has 4 heteroatoms. The number of rotatable bonds is 3. The van der Waals surface area contributed by atoms with Gasteiger partial charge in [-0.1, -0.05) is 0 Å². The maximum atomic E-state index is 10.3. The zero-order chi connectivity index (χ0) is 8.81. The van der Waals surface area contributed by atoms with Gasteiger partial charge in [-0.05, 0) is 12.2 Å². The fraction of sp³-hybridized carbons (Fsp3) is 0.250. The van der Waals surface area contributed by atoms with E-state index in [0.717, 1.165) is 5.82 Å². The maximum absolute atomic E-state index is 10.3. The summed E-state index contributed by atoms with van der Waals surface area (Å²) in [6.45, 7) is 1.66. The number of nitrogens with one attached hydrogen (secondary N) is 1. The molecule has 1 N–H and O–H groups in total. The van der Waals surface area contributed by atoms with Gasteiger partial charge in [0.15, 0.2) is 0 Å². The van der Waals surface area contributed by atoms with Crippen molar-refractivity contribution < 1.29 is 9.53 Å². The van der Waals surface area contributed by atoms with Crippen LogP contribution in [0.4, 0.5) is 0 Å². The first-order valence-electron chi connectivity index (χ1n) is 3.58. The summed E-state index contributed by atoms with van der Waals surface area (Å²) >= 11 is 0. The first kappa shape index (κ1) is 8.52. The molecule has 0 bridgehead atoms. The van der Waals surface area contributed by atoms with Crippen molar-refractivity contribution in [3.05, 3.63) is 24.3 Å². The molecule has 1 aromatic rings. The zero-order valence-corrected chi connectivity index (χ0v) is 6.78. The molecule has 0 amide bonds. The molecule has 0 saturated carbocycles. The Labute approximate surface area is 70.3 Å². The number of hydrogen-bond acceptors (Lipinski definition) is 3. The van der Waals surface area contributed by atoms with Crippen LogP contribution < -0.4 is 0 Å². The quantitative estimate of drug-likeness (QED) is 0.681. The number of ether oxygens (including phenoxy) is 1. The largest absolute Gasteiger partial charge is 0.462 e. The molecule has 0 atom stereocenters. The number of nitrogens with zero attached hydrogens (tertiary/aromatic N) is 1. The number of hydrogen-bond donors (Lipinski definition) is 1. The third kappa shape index (κ3) is 3.01. The van der Waals surface area contributed by atoms with E-state index in [2.05, 4.69) is 14.7 Å². The summed E-state index contributed by atoms with van der Waals surface area (Å²) in [5.74, 6) is 0.473. The second kappa shape index (κ2) is 4.33. The van der Waals surface area contributed by atoms with E-state index >= 15 is 0 Å². The summed E-state index contributed by atoms with van der Waals surface area (Å²) in [4.78, 5) is 17.2. The molecule has 0 saturated heterocycles. The second-order valence-electron chi connectivity index (χ2n) is 2.18. The van der Waals surface area contributed by atoms with Gasteiger partial charge < -0.3 is 9.72 Å². The summed E-state index contributed by atoms with van der Waals surface area (Å²) in [7, 11) is 0. The molecule has 0 aliphatic carbocycles. The smallest absolute Gasteiger partial charge is 0.302 e. The summed E-state index contributed by atoms with van der Waals surface area (Å²) in [5.41, 5.74) is 0. The molecule has 0 fully saturated rings. The zero-order valence-electron chi connectivity index (χ0n) is 6.78. The highest BCUT2D eigenvalue weighted by molar-refractivity contribution is 5.66. The Morgan fingerprint density at radius 2 is 2.67 bits per heavy atom. The Hall–Kier alpha value is -1.58. The van der Waals surface area contributed by atoms with E-state index in [1.54, 1.807) is 24.5 Å². The van der Waals surface area contributed by atoms with Crippen LogP contribution in [0.15, 0.2) is 18.5 Å². The lowest BCUT2D eigenvalue weighted by molar-refractivity contribution is -0.139. The van der Waals surface area contributed by atoms with Crippen molar-refractivity contribution in [2.45, 2.75) is 6.92 Å². The molecule has 0 aliphatic heterocycles. The molecule has 1 rings (SSSR count). The molecular weight excluding hydrogens is 156 g/mol. The van der Waals surface area contributed by atoms with E-state index in [-0.39, 0.29) is 12.6 Å². The minimum Gasteiger partial charge on any atom is -0.462 e. The van der Waals surface area contributed by atoms with Crippen molar-refractivity contribution >= 4 is 12.0 Å². The lowest BCUT2D eigenvalue weighted by Crippen LogP contribution is -1.97. The lowest BCUT2D eigenvalue weighted by Gasteiger charge is -1.93. The number of carbonyl (C=O) groups excluding carboxylic acids is 1. The molecule has 0 radical (unpaired) electrons. The Kier molecular flexibility index (Phi) is 3.07.